The SMILES string of the molecule is Cc1cc(NC(=O)c2sc(NC(C)C)c(C#N)c2N)no1. The molecule has 7 nitrogen and oxygen atoms in total. The molecule has 0 aliphatic heterocycles. The van der Waals surface area contributed by atoms with Gasteiger partial charge < -0.3 is 20.9 Å². The van der Waals surface area contributed by atoms with Crippen molar-refractivity contribution in [2.75, 3.05) is 16.4 Å². The summed E-state index contributed by atoms with van der Waals surface area (Å²) in [5, 5.41) is 19.1. The molecule has 2 heterocycles. The predicted octanol–water partition coefficient (Wildman–Crippen LogP) is 2.57. The van der Waals surface area contributed by atoms with Crippen LogP contribution in [0.5, 0.6) is 0 Å². The highest BCUT2D eigenvalue weighted by Crippen LogP contribution is 2.35. The van der Waals surface area contributed by atoms with Gasteiger partial charge in [0.05, 0.1) is 5.69 Å². The van der Waals surface area contributed by atoms with Gasteiger partial charge in [0.1, 0.15) is 27.3 Å². The van der Waals surface area contributed by atoms with Gasteiger partial charge in [-0.15, -0.1) is 11.3 Å². The molecule has 0 bridgehead atoms. The van der Waals surface area contributed by atoms with Crippen LogP contribution in [-0.4, -0.2) is 17.1 Å². The van der Waals surface area contributed by atoms with Crippen LogP contribution < -0.4 is 16.4 Å². The van der Waals surface area contributed by atoms with Gasteiger partial charge in [-0.2, -0.15) is 5.26 Å². The summed E-state index contributed by atoms with van der Waals surface area (Å²) in [4.78, 5) is 12.5. The fraction of sp³-hybridized carbons (Fsp3) is 0.308. The lowest BCUT2D eigenvalue weighted by molar-refractivity contribution is 0.103. The van der Waals surface area contributed by atoms with Crippen LogP contribution >= 0.6 is 11.3 Å². The van der Waals surface area contributed by atoms with Crippen LogP contribution in [0.2, 0.25) is 0 Å². The minimum atomic E-state index is -0.417. The number of aryl methyl sites for hydroxylation is 1. The molecule has 0 radical (unpaired) electrons. The van der Waals surface area contributed by atoms with Gasteiger partial charge in [0, 0.05) is 12.1 Å². The van der Waals surface area contributed by atoms with E-state index < -0.39 is 5.91 Å². The number of carbonyl (C=O) groups is 1. The summed E-state index contributed by atoms with van der Waals surface area (Å²) >= 11 is 1.14. The standard InChI is InChI=1S/C13H15N5O2S/c1-6(2)16-13-8(5-14)10(15)11(21-13)12(19)17-9-4-7(3)20-18-9/h4,6,16H,15H2,1-3H3,(H,17,18,19). The third-order valence-electron chi connectivity index (χ3n) is 2.55. The van der Waals surface area contributed by atoms with Gasteiger partial charge in [0.15, 0.2) is 5.82 Å². The lowest BCUT2D eigenvalue weighted by Gasteiger charge is -2.06. The number of nitrogens with zero attached hydrogens (tertiary/aromatic N) is 2. The van der Waals surface area contributed by atoms with E-state index in [1.165, 1.54) is 0 Å². The largest absolute Gasteiger partial charge is 0.396 e. The average molecular weight is 305 g/mol. The first-order chi connectivity index (χ1) is 9.92. The Morgan fingerprint density at radius 2 is 2.29 bits per heavy atom. The summed E-state index contributed by atoms with van der Waals surface area (Å²) in [6, 6.07) is 3.75. The molecule has 0 unspecified atom stereocenters. The molecule has 0 atom stereocenters. The first kappa shape index (κ1) is 14.9. The van der Waals surface area contributed by atoms with Crippen molar-refractivity contribution < 1.29 is 9.32 Å². The van der Waals surface area contributed by atoms with Crippen molar-refractivity contribution in [2.24, 2.45) is 0 Å². The molecule has 0 spiro atoms. The topological polar surface area (TPSA) is 117 Å². The maximum Gasteiger partial charge on any atom is 0.269 e. The lowest BCUT2D eigenvalue weighted by Crippen LogP contribution is -2.12. The molecule has 21 heavy (non-hydrogen) atoms. The third-order valence-corrected chi connectivity index (χ3v) is 3.69. The number of amides is 1. The Bertz CT molecular complexity index is 711. The number of thiophene rings is 1. The highest BCUT2D eigenvalue weighted by atomic mass is 32.1. The van der Waals surface area contributed by atoms with Crippen molar-refractivity contribution in [3.05, 3.63) is 22.3 Å². The molecule has 4 N–H and O–H groups in total. The molecule has 0 saturated heterocycles. The summed E-state index contributed by atoms with van der Waals surface area (Å²) < 4.78 is 4.88. The minimum Gasteiger partial charge on any atom is -0.396 e. The number of hydrogen-bond acceptors (Lipinski definition) is 7. The van der Waals surface area contributed by atoms with E-state index >= 15 is 0 Å². The number of anilines is 3. The molecule has 2 aromatic rings. The van der Waals surface area contributed by atoms with Crippen LogP contribution in [0, 0.1) is 18.3 Å². The lowest BCUT2D eigenvalue weighted by atomic mass is 10.2. The molecule has 0 saturated carbocycles. The van der Waals surface area contributed by atoms with Crippen molar-refractivity contribution in [2.45, 2.75) is 26.8 Å². The van der Waals surface area contributed by atoms with Gasteiger partial charge >= 0.3 is 0 Å². The Balaban J connectivity index is 2.29. The van der Waals surface area contributed by atoms with Gasteiger partial charge in [0.2, 0.25) is 0 Å². The van der Waals surface area contributed by atoms with Gasteiger partial charge in [-0.25, -0.2) is 0 Å². The van der Waals surface area contributed by atoms with Crippen molar-refractivity contribution in [1.29, 1.82) is 5.26 Å². The summed E-state index contributed by atoms with van der Waals surface area (Å²) in [5.74, 6) is 0.477. The van der Waals surface area contributed by atoms with Crippen LogP contribution in [-0.2, 0) is 0 Å². The van der Waals surface area contributed by atoms with E-state index in [1.807, 2.05) is 19.9 Å². The molecule has 0 aromatic carbocycles. The van der Waals surface area contributed by atoms with Crippen molar-refractivity contribution in [3.8, 4) is 6.07 Å². The number of nitrogens with one attached hydrogen (secondary N) is 2. The Morgan fingerprint density at radius 1 is 1.57 bits per heavy atom. The number of nitrogen functional groups attached to an aromatic ring is 1. The van der Waals surface area contributed by atoms with E-state index in [4.69, 9.17) is 10.3 Å². The molecule has 110 valence electrons. The second kappa shape index (κ2) is 5.85. The monoisotopic (exact) mass is 305 g/mol. The highest BCUT2D eigenvalue weighted by Gasteiger charge is 2.22. The van der Waals surface area contributed by atoms with Crippen molar-refractivity contribution in [1.82, 2.24) is 5.16 Å². The predicted molar refractivity (Wildman–Crippen MR) is 81.4 cm³/mol. The molecule has 0 aliphatic rings. The summed E-state index contributed by atoms with van der Waals surface area (Å²) in [5.41, 5.74) is 6.35. The van der Waals surface area contributed by atoms with Crippen LogP contribution in [0.4, 0.5) is 16.5 Å². The highest BCUT2D eigenvalue weighted by molar-refractivity contribution is 7.19. The molecule has 0 fully saturated rings. The maximum atomic E-state index is 12.2. The van der Waals surface area contributed by atoms with E-state index in [9.17, 15) is 10.1 Å². The quantitative estimate of drug-likeness (QED) is 0.799. The van der Waals surface area contributed by atoms with Gasteiger partial charge in [-0.3, -0.25) is 4.79 Å². The zero-order valence-electron chi connectivity index (χ0n) is 11.9. The van der Waals surface area contributed by atoms with E-state index in [1.54, 1.807) is 13.0 Å². The van der Waals surface area contributed by atoms with Crippen LogP contribution in [0.1, 0.15) is 34.8 Å². The number of hydrogen-bond donors (Lipinski definition) is 3. The van der Waals surface area contributed by atoms with E-state index in [2.05, 4.69) is 15.8 Å². The van der Waals surface area contributed by atoms with Crippen molar-refractivity contribution in [3.63, 3.8) is 0 Å². The third kappa shape index (κ3) is 3.14. The van der Waals surface area contributed by atoms with Crippen LogP contribution in [0.15, 0.2) is 10.6 Å². The number of nitrogens with two attached hydrogens (primary N) is 1. The molecule has 8 heteroatoms. The van der Waals surface area contributed by atoms with Gasteiger partial charge in [-0.05, 0) is 20.8 Å². The molecule has 2 aromatic heterocycles. The molecule has 0 aliphatic carbocycles. The van der Waals surface area contributed by atoms with Gasteiger partial charge in [0.25, 0.3) is 5.91 Å². The minimum absolute atomic E-state index is 0.129. The zero-order valence-corrected chi connectivity index (χ0v) is 12.7. The summed E-state index contributed by atoms with van der Waals surface area (Å²) in [7, 11) is 0. The van der Waals surface area contributed by atoms with Gasteiger partial charge in [-0.1, -0.05) is 5.16 Å². The second-order valence-electron chi connectivity index (χ2n) is 4.74. The number of carbonyl (C=O) groups excluding carboxylic acids is 1. The van der Waals surface area contributed by atoms with E-state index in [-0.39, 0.29) is 22.2 Å². The second-order valence-corrected chi connectivity index (χ2v) is 5.76. The van der Waals surface area contributed by atoms with Crippen LogP contribution in [0.3, 0.4) is 0 Å². The normalized spacial score (nSPS) is 10.4. The molecular formula is C13H15N5O2S. The fourth-order valence-corrected chi connectivity index (χ4v) is 2.80. The number of nitriles is 1. The fourth-order valence-electron chi connectivity index (χ4n) is 1.69. The Labute approximate surface area is 125 Å². The first-order valence-corrected chi connectivity index (χ1v) is 7.07. The van der Waals surface area contributed by atoms with E-state index in [0.29, 0.717) is 16.6 Å². The zero-order chi connectivity index (χ0) is 15.6. The molecular weight excluding hydrogens is 290 g/mol. The Morgan fingerprint density at radius 3 is 2.81 bits per heavy atom. The Hall–Kier alpha value is -2.53. The molecule has 1 amide bonds. The molecule has 2 rings (SSSR count). The Kier molecular flexibility index (Phi) is 4.14. The first-order valence-electron chi connectivity index (χ1n) is 6.26. The van der Waals surface area contributed by atoms with E-state index in [0.717, 1.165) is 11.3 Å². The summed E-state index contributed by atoms with van der Waals surface area (Å²) in [6.45, 7) is 5.60. The van der Waals surface area contributed by atoms with Crippen molar-refractivity contribution >= 4 is 33.8 Å². The van der Waals surface area contributed by atoms with Crippen LogP contribution in [0.25, 0.3) is 0 Å². The summed E-state index contributed by atoms with van der Waals surface area (Å²) in [6.07, 6.45) is 0. The smallest absolute Gasteiger partial charge is 0.269 e. The number of aromatic nitrogens is 1. The number of rotatable bonds is 4. The average Bonchev–Trinajstić information content (AvgIpc) is 2.93. The maximum absolute atomic E-state index is 12.2.